The summed E-state index contributed by atoms with van der Waals surface area (Å²) in [6, 6.07) is 15.4. The van der Waals surface area contributed by atoms with Crippen LogP contribution in [0.15, 0.2) is 53.5 Å². The quantitative estimate of drug-likeness (QED) is 0.663. The molecule has 0 bridgehead atoms. The van der Waals surface area contributed by atoms with Crippen molar-refractivity contribution in [2.24, 2.45) is 10.7 Å². The summed E-state index contributed by atoms with van der Waals surface area (Å²) in [6.45, 7) is 0.700. The Bertz CT molecular complexity index is 626. The molecule has 0 spiro atoms. The lowest BCUT2D eigenvalue weighted by Gasteiger charge is -2.06. The van der Waals surface area contributed by atoms with Gasteiger partial charge in [0.15, 0.2) is 17.5 Å². The predicted octanol–water partition coefficient (Wildman–Crippen LogP) is 2.34. The van der Waals surface area contributed by atoms with Gasteiger partial charge in [0.05, 0.1) is 6.54 Å². The molecule has 0 aliphatic carbocycles. The second-order valence-electron chi connectivity index (χ2n) is 4.34. The molecule has 3 rings (SSSR count). The zero-order valence-electron chi connectivity index (χ0n) is 10.9. The van der Waals surface area contributed by atoms with E-state index < -0.39 is 0 Å². The maximum atomic E-state index is 5.87. The number of aliphatic imine (C=N–C) groups is 1. The number of benzene rings is 2. The molecule has 20 heavy (non-hydrogen) atoms. The molecule has 2 aromatic carbocycles. The van der Waals surface area contributed by atoms with Gasteiger partial charge in [0, 0.05) is 11.3 Å². The van der Waals surface area contributed by atoms with Crippen LogP contribution in [0.25, 0.3) is 0 Å². The Balaban J connectivity index is 1.70. The van der Waals surface area contributed by atoms with Crippen molar-refractivity contribution in [3.8, 4) is 11.5 Å². The number of nitrogens with one attached hydrogen (secondary N) is 1. The van der Waals surface area contributed by atoms with Gasteiger partial charge in [-0.3, -0.25) is 0 Å². The molecule has 102 valence electrons. The van der Waals surface area contributed by atoms with Crippen LogP contribution in [0.2, 0.25) is 0 Å². The van der Waals surface area contributed by atoms with E-state index in [-0.39, 0.29) is 6.79 Å². The van der Waals surface area contributed by atoms with E-state index in [0.717, 1.165) is 22.7 Å². The number of para-hydroxylation sites is 2. The molecule has 3 N–H and O–H groups in total. The van der Waals surface area contributed by atoms with Crippen molar-refractivity contribution in [3.63, 3.8) is 0 Å². The van der Waals surface area contributed by atoms with Crippen LogP contribution in [0, 0.1) is 0 Å². The first-order valence-corrected chi connectivity index (χ1v) is 6.32. The topological polar surface area (TPSA) is 68.9 Å². The van der Waals surface area contributed by atoms with Crippen molar-refractivity contribution in [2.45, 2.75) is 6.54 Å². The molecule has 1 aliphatic rings. The van der Waals surface area contributed by atoms with Crippen LogP contribution in [0.5, 0.6) is 11.5 Å². The first-order chi connectivity index (χ1) is 9.83. The van der Waals surface area contributed by atoms with E-state index >= 15 is 0 Å². The third kappa shape index (κ3) is 2.66. The SMILES string of the molecule is NC(=NCc1cccc2c1OCO2)Nc1ccccc1. The van der Waals surface area contributed by atoms with Crippen LogP contribution in [-0.2, 0) is 6.54 Å². The fourth-order valence-corrected chi connectivity index (χ4v) is 1.99. The lowest BCUT2D eigenvalue weighted by atomic mass is 10.2. The number of ether oxygens (including phenoxy) is 2. The van der Waals surface area contributed by atoms with Crippen molar-refractivity contribution in [2.75, 3.05) is 12.1 Å². The summed E-state index contributed by atoms with van der Waals surface area (Å²) in [6.07, 6.45) is 0. The van der Waals surface area contributed by atoms with Crippen LogP contribution in [0.3, 0.4) is 0 Å². The number of hydrogen-bond donors (Lipinski definition) is 2. The summed E-state index contributed by atoms with van der Waals surface area (Å²) < 4.78 is 10.8. The summed E-state index contributed by atoms with van der Waals surface area (Å²) in [7, 11) is 0. The predicted molar refractivity (Wildman–Crippen MR) is 78.0 cm³/mol. The molecule has 0 saturated carbocycles. The lowest BCUT2D eigenvalue weighted by molar-refractivity contribution is 0.173. The van der Waals surface area contributed by atoms with E-state index in [1.54, 1.807) is 0 Å². The average Bonchev–Trinajstić information content (AvgIpc) is 2.95. The van der Waals surface area contributed by atoms with E-state index in [0.29, 0.717) is 12.5 Å². The first-order valence-electron chi connectivity index (χ1n) is 6.32. The molecule has 0 aromatic heterocycles. The molecule has 1 heterocycles. The molecule has 0 amide bonds. The third-order valence-electron chi connectivity index (χ3n) is 2.94. The number of rotatable bonds is 3. The highest BCUT2D eigenvalue weighted by Crippen LogP contribution is 2.35. The van der Waals surface area contributed by atoms with Crippen LogP contribution in [-0.4, -0.2) is 12.8 Å². The van der Waals surface area contributed by atoms with Crippen molar-refractivity contribution in [1.29, 1.82) is 0 Å². The fourth-order valence-electron chi connectivity index (χ4n) is 1.99. The van der Waals surface area contributed by atoms with Crippen molar-refractivity contribution >= 4 is 11.6 Å². The van der Waals surface area contributed by atoms with E-state index in [1.165, 1.54) is 0 Å². The molecule has 0 radical (unpaired) electrons. The highest BCUT2D eigenvalue weighted by atomic mass is 16.7. The fraction of sp³-hybridized carbons (Fsp3) is 0.133. The van der Waals surface area contributed by atoms with Crippen molar-refractivity contribution < 1.29 is 9.47 Å². The first kappa shape index (κ1) is 12.3. The molecule has 2 aromatic rings. The summed E-state index contributed by atoms with van der Waals surface area (Å²) in [5.74, 6) is 1.88. The molecule has 5 nitrogen and oxygen atoms in total. The van der Waals surface area contributed by atoms with E-state index in [9.17, 15) is 0 Å². The standard InChI is InChI=1S/C15H15N3O2/c16-15(18-12-6-2-1-3-7-12)17-9-11-5-4-8-13-14(11)20-10-19-13/h1-8H,9-10H2,(H3,16,17,18). The Morgan fingerprint density at radius 3 is 2.80 bits per heavy atom. The van der Waals surface area contributed by atoms with Crippen molar-refractivity contribution in [3.05, 3.63) is 54.1 Å². The second-order valence-corrected chi connectivity index (χ2v) is 4.34. The van der Waals surface area contributed by atoms with Gasteiger partial charge in [0.25, 0.3) is 0 Å². The van der Waals surface area contributed by atoms with E-state index in [4.69, 9.17) is 15.2 Å². The minimum absolute atomic E-state index is 0.258. The van der Waals surface area contributed by atoms with Gasteiger partial charge in [-0.25, -0.2) is 4.99 Å². The van der Waals surface area contributed by atoms with Gasteiger partial charge in [-0.05, 0) is 18.2 Å². The van der Waals surface area contributed by atoms with Crippen LogP contribution >= 0.6 is 0 Å². The Morgan fingerprint density at radius 2 is 1.95 bits per heavy atom. The van der Waals surface area contributed by atoms with Gasteiger partial charge in [-0.15, -0.1) is 0 Å². The Labute approximate surface area is 117 Å². The van der Waals surface area contributed by atoms with Gasteiger partial charge in [-0.2, -0.15) is 0 Å². The van der Waals surface area contributed by atoms with Gasteiger partial charge < -0.3 is 20.5 Å². The Morgan fingerprint density at radius 1 is 1.10 bits per heavy atom. The lowest BCUT2D eigenvalue weighted by Crippen LogP contribution is -2.22. The molecule has 0 fully saturated rings. The molecular weight excluding hydrogens is 254 g/mol. The van der Waals surface area contributed by atoms with E-state index in [1.807, 2.05) is 48.5 Å². The maximum Gasteiger partial charge on any atom is 0.231 e. The van der Waals surface area contributed by atoms with Crippen molar-refractivity contribution in [1.82, 2.24) is 0 Å². The normalized spacial score (nSPS) is 13.3. The molecule has 1 aliphatic heterocycles. The van der Waals surface area contributed by atoms with Crippen LogP contribution < -0.4 is 20.5 Å². The minimum Gasteiger partial charge on any atom is -0.454 e. The molecule has 0 saturated heterocycles. The summed E-state index contributed by atoms with van der Waals surface area (Å²) in [4.78, 5) is 4.31. The summed E-state index contributed by atoms with van der Waals surface area (Å²) in [5.41, 5.74) is 7.73. The van der Waals surface area contributed by atoms with Gasteiger partial charge in [0.2, 0.25) is 6.79 Å². The highest BCUT2D eigenvalue weighted by Gasteiger charge is 2.16. The number of nitrogens with two attached hydrogens (primary N) is 1. The number of guanidine groups is 1. The number of anilines is 1. The molecular formula is C15H15N3O2. The second kappa shape index (κ2) is 5.52. The van der Waals surface area contributed by atoms with Gasteiger partial charge >= 0.3 is 0 Å². The minimum atomic E-state index is 0.258. The Kier molecular flexibility index (Phi) is 3.41. The van der Waals surface area contributed by atoms with Gasteiger partial charge in [-0.1, -0.05) is 30.3 Å². The Hall–Kier alpha value is -2.69. The van der Waals surface area contributed by atoms with E-state index in [2.05, 4.69) is 10.3 Å². The molecule has 5 heteroatoms. The monoisotopic (exact) mass is 269 g/mol. The number of fused-ring (bicyclic) bond motifs is 1. The summed E-state index contributed by atoms with van der Waals surface area (Å²) in [5, 5.41) is 3.04. The summed E-state index contributed by atoms with van der Waals surface area (Å²) >= 11 is 0. The number of hydrogen-bond acceptors (Lipinski definition) is 3. The average molecular weight is 269 g/mol. The zero-order chi connectivity index (χ0) is 13.8. The maximum absolute atomic E-state index is 5.87. The van der Waals surface area contributed by atoms with Crippen LogP contribution in [0.1, 0.15) is 5.56 Å². The molecule has 0 atom stereocenters. The zero-order valence-corrected chi connectivity index (χ0v) is 10.9. The number of nitrogens with zero attached hydrogens (tertiary/aromatic N) is 1. The molecule has 0 unspecified atom stereocenters. The largest absolute Gasteiger partial charge is 0.454 e. The van der Waals surface area contributed by atoms with Crippen LogP contribution in [0.4, 0.5) is 5.69 Å². The highest BCUT2D eigenvalue weighted by molar-refractivity contribution is 5.92. The smallest absolute Gasteiger partial charge is 0.231 e. The van der Waals surface area contributed by atoms with Gasteiger partial charge in [0.1, 0.15) is 0 Å². The third-order valence-corrected chi connectivity index (χ3v) is 2.94.